The lowest BCUT2D eigenvalue weighted by atomic mass is 10.1. The fourth-order valence-corrected chi connectivity index (χ4v) is 2.22. The maximum atomic E-state index is 12.2. The van der Waals surface area contributed by atoms with Crippen LogP contribution in [0.4, 0.5) is 10.5 Å². The molecule has 1 aliphatic heterocycles. The Kier molecular flexibility index (Phi) is 4.01. The van der Waals surface area contributed by atoms with Gasteiger partial charge < -0.3 is 25.8 Å². The van der Waals surface area contributed by atoms with Gasteiger partial charge in [0, 0.05) is 17.8 Å². The second-order valence-electron chi connectivity index (χ2n) is 4.94. The van der Waals surface area contributed by atoms with Gasteiger partial charge >= 0.3 is 6.03 Å². The van der Waals surface area contributed by atoms with Gasteiger partial charge in [0.2, 0.25) is 6.79 Å². The smallest absolute Gasteiger partial charge is 0.316 e. The Hall–Kier alpha value is -3.22. The van der Waals surface area contributed by atoms with Crippen molar-refractivity contribution < 1.29 is 19.1 Å². The van der Waals surface area contributed by atoms with E-state index in [4.69, 9.17) is 15.2 Å². The first-order chi connectivity index (χ1) is 11.1. The summed E-state index contributed by atoms with van der Waals surface area (Å²) >= 11 is 0. The topological polar surface area (TPSA) is 103 Å². The van der Waals surface area contributed by atoms with E-state index in [-0.39, 0.29) is 12.7 Å². The molecule has 23 heavy (non-hydrogen) atoms. The van der Waals surface area contributed by atoms with E-state index in [0.29, 0.717) is 29.3 Å². The molecule has 3 amide bonds. The number of amides is 3. The number of nitrogens with two attached hydrogens (primary N) is 1. The van der Waals surface area contributed by atoms with Crippen LogP contribution in [0.25, 0.3) is 0 Å². The highest BCUT2D eigenvalue weighted by Gasteiger charge is 2.13. The Morgan fingerprint density at radius 2 is 1.91 bits per heavy atom. The fourth-order valence-electron chi connectivity index (χ4n) is 2.22. The lowest BCUT2D eigenvalue weighted by molar-refractivity contribution is 0.0951. The number of nitrogens with one attached hydrogen (secondary N) is 2. The lowest BCUT2D eigenvalue weighted by Gasteiger charge is -2.08. The summed E-state index contributed by atoms with van der Waals surface area (Å²) in [4.78, 5) is 23.0. The number of urea groups is 1. The molecular weight excluding hydrogens is 298 g/mol. The highest BCUT2D eigenvalue weighted by molar-refractivity contribution is 5.96. The van der Waals surface area contributed by atoms with Gasteiger partial charge in [0.1, 0.15) is 0 Å². The molecule has 0 aromatic heterocycles. The number of ether oxygens (including phenoxy) is 2. The van der Waals surface area contributed by atoms with Crippen LogP contribution in [-0.2, 0) is 6.54 Å². The van der Waals surface area contributed by atoms with Gasteiger partial charge in [-0.25, -0.2) is 4.79 Å². The quantitative estimate of drug-likeness (QED) is 0.801. The van der Waals surface area contributed by atoms with Crippen molar-refractivity contribution >= 4 is 17.6 Å². The average molecular weight is 313 g/mol. The van der Waals surface area contributed by atoms with E-state index >= 15 is 0 Å². The number of carbonyl (C=O) groups excluding carboxylic acids is 2. The Bertz CT molecular complexity index is 761. The van der Waals surface area contributed by atoms with Crippen LogP contribution in [0.15, 0.2) is 42.5 Å². The first kappa shape index (κ1) is 14.7. The highest BCUT2D eigenvalue weighted by Crippen LogP contribution is 2.32. The number of rotatable bonds is 4. The molecule has 0 saturated heterocycles. The number of primary amides is 1. The van der Waals surface area contributed by atoms with E-state index < -0.39 is 6.03 Å². The number of hydrogen-bond acceptors (Lipinski definition) is 4. The number of benzene rings is 2. The van der Waals surface area contributed by atoms with Gasteiger partial charge in [0.25, 0.3) is 5.91 Å². The summed E-state index contributed by atoms with van der Waals surface area (Å²) in [7, 11) is 0. The van der Waals surface area contributed by atoms with Crippen molar-refractivity contribution in [2.45, 2.75) is 6.54 Å². The first-order valence-electron chi connectivity index (χ1n) is 6.95. The summed E-state index contributed by atoms with van der Waals surface area (Å²) in [6.07, 6.45) is 0. The monoisotopic (exact) mass is 313 g/mol. The molecule has 0 unspecified atom stereocenters. The molecule has 4 N–H and O–H groups in total. The summed E-state index contributed by atoms with van der Waals surface area (Å²) in [5, 5.41) is 5.24. The molecule has 118 valence electrons. The van der Waals surface area contributed by atoms with Crippen molar-refractivity contribution in [3.63, 3.8) is 0 Å². The maximum absolute atomic E-state index is 12.2. The van der Waals surface area contributed by atoms with E-state index in [0.717, 1.165) is 5.56 Å². The van der Waals surface area contributed by atoms with Crippen molar-refractivity contribution in [2.24, 2.45) is 5.73 Å². The first-order valence-corrected chi connectivity index (χ1v) is 6.95. The van der Waals surface area contributed by atoms with Gasteiger partial charge in [-0.1, -0.05) is 12.1 Å². The number of anilines is 1. The molecule has 0 bridgehead atoms. The molecule has 1 aliphatic rings. The van der Waals surface area contributed by atoms with Crippen LogP contribution in [0.1, 0.15) is 15.9 Å². The Balaban J connectivity index is 1.64. The van der Waals surface area contributed by atoms with E-state index in [1.165, 1.54) is 0 Å². The van der Waals surface area contributed by atoms with Crippen molar-refractivity contribution in [3.8, 4) is 11.5 Å². The van der Waals surface area contributed by atoms with Crippen LogP contribution in [-0.4, -0.2) is 18.7 Å². The number of hydrogen-bond donors (Lipinski definition) is 3. The molecule has 0 spiro atoms. The highest BCUT2D eigenvalue weighted by atomic mass is 16.7. The van der Waals surface area contributed by atoms with Gasteiger partial charge in [-0.3, -0.25) is 4.79 Å². The molecule has 2 aromatic carbocycles. The minimum atomic E-state index is -0.678. The Morgan fingerprint density at radius 3 is 2.74 bits per heavy atom. The summed E-state index contributed by atoms with van der Waals surface area (Å²) in [5.41, 5.74) is 6.85. The molecule has 0 aliphatic carbocycles. The van der Waals surface area contributed by atoms with Crippen molar-refractivity contribution in [2.75, 3.05) is 12.1 Å². The van der Waals surface area contributed by atoms with Crippen molar-refractivity contribution in [1.29, 1.82) is 0 Å². The van der Waals surface area contributed by atoms with Gasteiger partial charge in [-0.05, 0) is 35.9 Å². The van der Waals surface area contributed by atoms with E-state index in [1.807, 2.05) is 12.1 Å². The van der Waals surface area contributed by atoms with Gasteiger partial charge in [-0.2, -0.15) is 0 Å². The minimum Gasteiger partial charge on any atom is -0.454 e. The van der Waals surface area contributed by atoms with Crippen LogP contribution >= 0.6 is 0 Å². The summed E-state index contributed by atoms with van der Waals surface area (Å²) in [6.45, 7) is 0.563. The zero-order valence-corrected chi connectivity index (χ0v) is 12.2. The zero-order chi connectivity index (χ0) is 16.2. The standard InChI is InChI=1S/C16H15N3O4/c17-16(21)19-12-3-1-2-11(7-12)15(20)18-8-10-4-5-13-14(6-10)23-9-22-13/h1-7H,8-9H2,(H,18,20)(H3,17,19,21). The molecule has 0 saturated carbocycles. The Morgan fingerprint density at radius 1 is 1.09 bits per heavy atom. The summed E-state index contributed by atoms with van der Waals surface area (Å²) in [6, 6.07) is 11.3. The molecule has 0 atom stereocenters. The second-order valence-corrected chi connectivity index (χ2v) is 4.94. The van der Waals surface area contributed by atoms with E-state index in [9.17, 15) is 9.59 Å². The predicted molar refractivity (Wildman–Crippen MR) is 83.4 cm³/mol. The van der Waals surface area contributed by atoms with Crippen molar-refractivity contribution in [3.05, 3.63) is 53.6 Å². The van der Waals surface area contributed by atoms with Crippen molar-refractivity contribution in [1.82, 2.24) is 5.32 Å². The average Bonchev–Trinajstić information content (AvgIpc) is 3.00. The summed E-state index contributed by atoms with van der Waals surface area (Å²) < 4.78 is 10.5. The lowest BCUT2D eigenvalue weighted by Crippen LogP contribution is -2.23. The fraction of sp³-hybridized carbons (Fsp3) is 0.125. The van der Waals surface area contributed by atoms with Gasteiger partial charge in [-0.15, -0.1) is 0 Å². The minimum absolute atomic E-state index is 0.213. The van der Waals surface area contributed by atoms with Crippen LogP contribution in [0.2, 0.25) is 0 Å². The molecule has 0 radical (unpaired) electrons. The van der Waals surface area contributed by atoms with Gasteiger partial charge in [0.05, 0.1) is 0 Å². The van der Waals surface area contributed by atoms with Crippen LogP contribution in [0.5, 0.6) is 11.5 Å². The summed E-state index contributed by atoms with van der Waals surface area (Å²) in [5.74, 6) is 1.12. The molecule has 1 heterocycles. The zero-order valence-electron chi connectivity index (χ0n) is 12.2. The molecule has 2 aromatic rings. The molecular formula is C16H15N3O4. The predicted octanol–water partition coefficient (Wildman–Crippen LogP) is 1.84. The number of fused-ring (bicyclic) bond motifs is 1. The van der Waals surface area contributed by atoms with Crippen LogP contribution in [0, 0.1) is 0 Å². The normalized spacial score (nSPS) is 11.8. The SMILES string of the molecule is NC(=O)Nc1cccc(C(=O)NCc2ccc3c(c2)OCO3)c1. The van der Waals surface area contributed by atoms with E-state index in [1.54, 1.807) is 30.3 Å². The van der Waals surface area contributed by atoms with Crippen LogP contribution < -0.4 is 25.8 Å². The Labute approximate surface area is 132 Å². The number of carbonyl (C=O) groups is 2. The third-order valence-electron chi connectivity index (χ3n) is 3.28. The maximum Gasteiger partial charge on any atom is 0.316 e. The second kappa shape index (κ2) is 6.27. The van der Waals surface area contributed by atoms with Gasteiger partial charge in [0.15, 0.2) is 11.5 Å². The largest absolute Gasteiger partial charge is 0.454 e. The third-order valence-corrected chi connectivity index (χ3v) is 3.28. The molecule has 3 rings (SSSR count). The molecule has 0 fully saturated rings. The molecule has 7 nitrogen and oxygen atoms in total. The molecule has 7 heteroatoms. The van der Waals surface area contributed by atoms with Crippen LogP contribution in [0.3, 0.4) is 0 Å². The third kappa shape index (κ3) is 3.52. The van der Waals surface area contributed by atoms with E-state index in [2.05, 4.69) is 10.6 Å².